The number of aliphatic carboxylic acids is 1. The molecule has 16 heavy (non-hydrogen) atoms. The van der Waals surface area contributed by atoms with Gasteiger partial charge in [0.05, 0.1) is 0 Å². The summed E-state index contributed by atoms with van der Waals surface area (Å²) in [4.78, 5) is 13.3. The molecule has 8 heteroatoms. The quantitative estimate of drug-likeness (QED) is 0.498. The van der Waals surface area contributed by atoms with E-state index in [1.165, 1.54) is 0 Å². The smallest absolute Gasteiger partial charge is 0.297 e. The number of rotatable bonds is 4. The summed E-state index contributed by atoms with van der Waals surface area (Å²) in [5.41, 5.74) is 0.0377. The molecule has 0 saturated carbocycles. The lowest BCUT2D eigenvalue weighted by molar-refractivity contribution is -0.137. The summed E-state index contributed by atoms with van der Waals surface area (Å²) < 4.78 is 0. The highest BCUT2D eigenvalue weighted by Gasteiger charge is 2.39. The largest absolute Gasteiger partial charge is 0.482 e. The molecule has 86 valence electrons. The molecule has 0 aromatic carbocycles. The summed E-state index contributed by atoms with van der Waals surface area (Å²) in [7, 11) is 10.1. The van der Waals surface area contributed by atoms with Crippen molar-refractivity contribution in [1.82, 2.24) is 4.81 Å². The van der Waals surface area contributed by atoms with Gasteiger partial charge in [-0.2, -0.15) is 0 Å². The molecule has 0 aromatic rings. The molecule has 3 nitrogen and oxygen atoms in total. The second-order valence-corrected chi connectivity index (χ2v) is 6.30. The standard InChI is InChI=1S/C8H22B5NO2/c1-7(2,3)14(13)8(11,12)5(10)4(9)6(15)16/h4-5H,9-13H2,1-3H3,(H,15,16). The summed E-state index contributed by atoms with van der Waals surface area (Å²) in [5, 5.41) is 8.94. The van der Waals surface area contributed by atoms with Crippen molar-refractivity contribution in [2.75, 3.05) is 0 Å². The Labute approximate surface area is 104 Å². The molecule has 0 heterocycles. The molecule has 0 amide bonds. The van der Waals surface area contributed by atoms with Gasteiger partial charge < -0.3 is 9.92 Å². The Morgan fingerprint density at radius 1 is 1.25 bits per heavy atom. The van der Waals surface area contributed by atoms with E-state index >= 15 is 0 Å². The minimum atomic E-state index is -0.720. The van der Waals surface area contributed by atoms with Gasteiger partial charge in [-0.3, -0.25) is 4.79 Å². The van der Waals surface area contributed by atoms with Crippen LogP contribution in [0.3, 0.4) is 0 Å². The number of carboxylic acid groups (broad SMARTS) is 1. The lowest BCUT2D eigenvalue weighted by Gasteiger charge is -2.50. The molecule has 0 bridgehead atoms. The monoisotopic (exact) mass is 219 g/mol. The van der Waals surface area contributed by atoms with Crippen LogP contribution in [0, 0.1) is 0 Å². The summed E-state index contributed by atoms with van der Waals surface area (Å²) in [6.45, 7) is 6.44. The van der Waals surface area contributed by atoms with Crippen molar-refractivity contribution in [3.05, 3.63) is 0 Å². The zero-order valence-corrected chi connectivity index (χ0v) is 12.0. The fraction of sp³-hybridized carbons (Fsp3) is 0.875. The summed E-state index contributed by atoms with van der Waals surface area (Å²) in [5.74, 6) is -0.961. The van der Waals surface area contributed by atoms with Gasteiger partial charge in [-0.05, 0) is 20.8 Å². The number of hydrogen-bond donors (Lipinski definition) is 1. The van der Waals surface area contributed by atoms with E-state index in [1.807, 2.05) is 7.85 Å². The maximum absolute atomic E-state index is 11.0. The molecule has 0 aliphatic rings. The molecule has 0 aromatic heterocycles. The van der Waals surface area contributed by atoms with E-state index in [0.29, 0.717) is 0 Å². The van der Waals surface area contributed by atoms with E-state index in [2.05, 4.69) is 49.3 Å². The van der Waals surface area contributed by atoms with Crippen molar-refractivity contribution in [2.45, 2.75) is 43.3 Å². The fourth-order valence-electron chi connectivity index (χ4n) is 2.00. The number of carboxylic acids is 1. The van der Waals surface area contributed by atoms with Crippen LogP contribution < -0.4 is 0 Å². The maximum Gasteiger partial charge on any atom is 0.297 e. The van der Waals surface area contributed by atoms with E-state index in [1.54, 1.807) is 7.85 Å². The van der Waals surface area contributed by atoms with Crippen LogP contribution >= 0.6 is 0 Å². The Morgan fingerprint density at radius 3 is 1.88 bits per heavy atom. The fourth-order valence-corrected chi connectivity index (χ4v) is 2.00. The second-order valence-electron chi connectivity index (χ2n) is 6.30. The molecule has 2 unspecified atom stereocenters. The molecule has 0 aliphatic heterocycles. The van der Waals surface area contributed by atoms with Gasteiger partial charge in [-0.25, -0.2) is 0 Å². The highest BCUT2D eigenvalue weighted by atomic mass is 16.4. The third kappa shape index (κ3) is 3.37. The van der Waals surface area contributed by atoms with Crippen molar-refractivity contribution in [2.24, 2.45) is 0 Å². The first kappa shape index (κ1) is 15.8. The lowest BCUT2D eigenvalue weighted by Crippen LogP contribution is -2.60. The average Bonchev–Trinajstić information content (AvgIpc) is 2.12. The van der Waals surface area contributed by atoms with Crippen LogP contribution in [-0.2, 0) is 4.79 Å². The first-order valence-electron chi connectivity index (χ1n) is 5.89. The Kier molecular flexibility index (Phi) is 4.87. The van der Waals surface area contributed by atoms with Gasteiger partial charge in [0.1, 0.15) is 31.4 Å². The van der Waals surface area contributed by atoms with Crippen molar-refractivity contribution in [3.8, 4) is 0 Å². The van der Waals surface area contributed by atoms with Crippen molar-refractivity contribution >= 4 is 45.3 Å². The summed E-state index contributed by atoms with van der Waals surface area (Å²) in [6, 6.07) is 0. The van der Waals surface area contributed by atoms with Crippen molar-refractivity contribution < 1.29 is 9.90 Å². The number of nitrogens with zero attached hydrogens (tertiary/aromatic N) is 1. The Morgan fingerprint density at radius 2 is 1.62 bits per heavy atom. The first-order chi connectivity index (χ1) is 6.92. The number of hydrogen-bond acceptors (Lipinski definition) is 2. The molecular weight excluding hydrogens is 196 g/mol. The highest BCUT2D eigenvalue weighted by Crippen LogP contribution is 2.33. The predicted molar refractivity (Wildman–Crippen MR) is 82.2 cm³/mol. The normalized spacial score (nSPS) is 17.0. The second kappa shape index (κ2) is 4.95. The lowest BCUT2D eigenvalue weighted by atomic mass is 9.42. The van der Waals surface area contributed by atoms with Crippen LogP contribution in [0.1, 0.15) is 20.8 Å². The van der Waals surface area contributed by atoms with Crippen molar-refractivity contribution in [3.63, 3.8) is 0 Å². The Balaban J connectivity index is 4.98. The first-order valence-corrected chi connectivity index (χ1v) is 5.89. The maximum atomic E-state index is 11.0. The van der Waals surface area contributed by atoms with E-state index < -0.39 is 5.97 Å². The minimum Gasteiger partial charge on any atom is -0.482 e. The molecule has 0 aliphatic carbocycles. The molecule has 2 atom stereocenters. The number of carbonyl (C=O) groups is 1. The van der Waals surface area contributed by atoms with Gasteiger partial charge in [0, 0.05) is 11.4 Å². The van der Waals surface area contributed by atoms with Crippen LogP contribution in [-0.4, -0.2) is 66.1 Å². The minimum absolute atomic E-state index is 0.0377. The van der Waals surface area contributed by atoms with E-state index in [-0.39, 0.29) is 22.5 Å². The summed E-state index contributed by atoms with van der Waals surface area (Å²) in [6.07, 6.45) is 0. The van der Waals surface area contributed by atoms with Gasteiger partial charge in [-0.1, -0.05) is 11.2 Å². The van der Waals surface area contributed by atoms with Crippen LogP contribution in [0.2, 0.25) is 11.6 Å². The molecule has 0 fully saturated rings. The third-order valence-corrected chi connectivity index (χ3v) is 4.12. The van der Waals surface area contributed by atoms with Crippen LogP contribution in [0.4, 0.5) is 0 Å². The van der Waals surface area contributed by atoms with Gasteiger partial charge in [-0.15, -0.1) is 0 Å². The molecule has 0 saturated heterocycles. The van der Waals surface area contributed by atoms with Crippen molar-refractivity contribution in [1.29, 1.82) is 0 Å². The van der Waals surface area contributed by atoms with Gasteiger partial charge in [0.2, 0.25) is 0 Å². The van der Waals surface area contributed by atoms with E-state index in [9.17, 15) is 4.79 Å². The van der Waals surface area contributed by atoms with E-state index in [4.69, 9.17) is 5.11 Å². The summed E-state index contributed by atoms with van der Waals surface area (Å²) >= 11 is 0. The average molecular weight is 218 g/mol. The molecule has 0 rings (SSSR count). The van der Waals surface area contributed by atoms with Crippen LogP contribution in [0.5, 0.6) is 0 Å². The van der Waals surface area contributed by atoms with Gasteiger partial charge in [0.25, 0.3) is 5.97 Å². The molecular formula is C8H22B5NO2. The van der Waals surface area contributed by atoms with Gasteiger partial charge >= 0.3 is 0 Å². The highest BCUT2D eigenvalue weighted by molar-refractivity contribution is 6.47. The van der Waals surface area contributed by atoms with Crippen LogP contribution in [0.15, 0.2) is 0 Å². The predicted octanol–water partition coefficient (Wildman–Crippen LogP) is -3.52. The molecule has 1 N–H and O–H groups in total. The Hall–Kier alpha value is -0.245. The van der Waals surface area contributed by atoms with Crippen LogP contribution in [0.25, 0.3) is 0 Å². The zero-order valence-electron chi connectivity index (χ0n) is 12.0. The third-order valence-electron chi connectivity index (χ3n) is 4.12. The van der Waals surface area contributed by atoms with E-state index in [0.717, 1.165) is 0 Å². The molecule has 0 spiro atoms. The Bertz CT molecular complexity index is 266. The topological polar surface area (TPSA) is 40.5 Å². The zero-order chi connectivity index (χ0) is 13.3. The SMILES string of the molecule is BC(C(=O)O)C(B)C(B)(B)N(B)C(C)(C)C. The molecule has 0 radical (unpaired) electrons. The van der Waals surface area contributed by atoms with Gasteiger partial charge in [0.15, 0.2) is 7.98 Å².